The molecule has 0 aliphatic rings. The number of fused-ring (bicyclic) bond motifs is 1. The van der Waals surface area contributed by atoms with Gasteiger partial charge in [-0.3, -0.25) is 9.25 Å². The first-order chi connectivity index (χ1) is 18.6. The van der Waals surface area contributed by atoms with Crippen molar-refractivity contribution in [2.45, 2.75) is 25.5 Å². The first-order valence-corrected chi connectivity index (χ1v) is 13.8. The molecular weight excluding hydrogens is 528 g/mol. The maximum atomic E-state index is 13.8. The minimum absolute atomic E-state index is 0.113. The number of benzene rings is 4. The molecule has 0 fully saturated rings. The number of hydrogen-bond acceptors (Lipinski definition) is 3. The van der Waals surface area contributed by atoms with Crippen LogP contribution < -0.4 is 4.74 Å². The van der Waals surface area contributed by atoms with E-state index >= 15 is 0 Å². The molecule has 0 saturated carbocycles. The Hall–Kier alpha value is -3.91. The third-order valence-electron chi connectivity index (χ3n) is 6.18. The van der Waals surface area contributed by atoms with E-state index in [9.17, 15) is 17.7 Å². The summed E-state index contributed by atoms with van der Waals surface area (Å²) in [4.78, 5) is 18.3. The smallest absolute Gasteiger partial charge is 0.418 e. The second kappa shape index (κ2) is 10.7. The van der Waals surface area contributed by atoms with E-state index in [1.165, 1.54) is 6.07 Å². The molecule has 5 aromatic rings. The molecule has 39 heavy (non-hydrogen) atoms. The Morgan fingerprint density at radius 2 is 1.51 bits per heavy atom. The van der Waals surface area contributed by atoms with Crippen LogP contribution in [0, 0.1) is 0 Å². The Morgan fingerprint density at radius 1 is 0.821 bits per heavy atom. The molecule has 0 radical (unpaired) electrons. The molecule has 0 atom stereocenters. The van der Waals surface area contributed by atoms with Gasteiger partial charge in [0.05, 0.1) is 24.0 Å². The Morgan fingerprint density at radius 3 is 2.21 bits per heavy atom. The highest BCUT2D eigenvalue weighted by atomic mass is 31.2. The largest absolute Gasteiger partial charge is 0.489 e. The third-order valence-corrected chi connectivity index (χ3v) is 6.95. The molecule has 0 bridgehead atoms. The molecule has 0 spiro atoms. The highest BCUT2D eigenvalue weighted by molar-refractivity contribution is 7.50. The number of ether oxygens (including phenoxy) is 1. The van der Waals surface area contributed by atoms with Gasteiger partial charge in [0.25, 0.3) is 0 Å². The Balaban J connectivity index is 1.47. The second-order valence-electron chi connectivity index (χ2n) is 9.15. The van der Waals surface area contributed by atoms with Gasteiger partial charge in [-0.1, -0.05) is 78.9 Å². The SMILES string of the molecule is O=P(O)(O)Cc1ccc(COc2cccc(-c3c4cccc(C(F)(F)F)c4nn3Cc3ccccc3)c2)cc1. The van der Waals surface area contributed by atoms with Gasteiger partial charge in [0.15, 0.2) is 0 Å². The van der Waals surface area contributed by atoms with Crippen LogP contribution in [-0.2, 0) is 30.1 Å². The first kappa shape index (κ1) is 26.7. The van der Waals surface area contributed by atoms with Crippen LogP contribution in [-0.4, -0.2) is 19.6 Å². The van der Waals surface area contributed by atoms with E-state index in [1.807, 2.05) is 36.4 Å². The topological polar surface area (TPSA) is 84.6 Å². The lowest BCUT2D eigenvalue weighted by molar-refractivity contribution is -0.136. The average molecular weight is 552 g/mol. The van der Waals surface area contributed by atoms with E-state index in [-0.39, 0.29) is 24.8 Å². The molecule has 5 rings (SSSR count). The number of rotatable bonds is 8. The van der Waals surface area contributed by atoms with Crippen molar-refractivity contribution in [2.75, 3.05) is 0 Å². The number of hydrogen-bond donors (Lipinski definition) is 2. The van der Waals surface area contributed by atoms with Gasteiger partial charge in [0, 0.05) is 10.9 Å². The zero-order valence-corrected chi connectivity index (χ0v) is 21.4. The fraction of sp³-hybridized carbons (Fsp3) is 0.138. The Bertz CT molecular complexity index is 1650. The summed E-state index contributed by atoms with van der Waals surface area (Å²) in [5.41, 5.74) is 2.51. The normalized spacial score (nSPS) is 12.1. The summed E-state index contributed by atoms with van der Waals surface area (Å²) >= 11 is 0. The van der Waals surface area contributed by atoms with Crippen molar-refractivity contribution in [3.8, 4) is 17.0 Å². The maximum Gasteiger partial charge on any atom is 0.418 e. The van der Waals surface area contributed by atoms with Crippen molar-refractivity contribution in [3.05, 3.63) is 119 Å². The van der Waals surface area contributed by atoms with E-state index in [4.69, 9.17) is 14.5 Å². The Kier molecular flexibility index (Phi) is 7.32. The summed E-state index contributed by atoms with van der Waals surface area (Å²) in [5.74, 6) is 0.513. The molecule has 1 aromatic heterocycles. The zero-order chi connectivity index (χ0) is 27.6. The predicted octanol–water partition coefficient (Wildman–Crippen LogP) is 7.03. The molecule has 0 aliphatic carbocycles. The lowest BCUT2D eigenvalue weighted by atomic mass is 10.0. The first-order valence-electron chi connectivity index (χ1n) is 12.0. The van der Waals surface area contributed by atoms with Crippen LogP contribution >= 0.6 is 7.60 Å². The monoisotopic (exact) mass is 552 g/mol. The van der Waals surface area contributed by atoms with Gasteiger partial charge < -0.3 is 14.5 Å². The molecule has 10 heteroatoms. The van der Waals surface area contributed by atoms with Crippen LogP contribution in [0.25, 0.3) is 22.2 Å². The maximum absolute atomic E-state index is 13.8. The van der Waals surface area contributed by atoms with E-state index in [2.05, 4.69) is 5.10 Å². The lowest BCUT2D eigenvalue weighted by Crippen LogP contribution is -2.06. The number of aromatic nitrogens is 2. The summed E-state index contributed by atoms with van der Waals surface area (Å²) in [6.45, 7) is 0.482. The fourth-order valence-electron chi connectivity index (χ4n) is 4.43. The van der Waals surface area contributed by atoms with Gasteiger partial charge >= 0.3 is 13.8 Å². The second-order valence-corrected chi connectivity index (χ2v) is 10.8. The van der Waals surface area contributed by atoms with Gasteiger partial charge in [-0.2, -0.15) is 18.3 Å². The average Bonchev–Trinajstić information content (AvgIpc) is 3.25. The number of halogens is 3. The molecule has 6 nitrogen and oxygen atoms in total. The van der Waals surface area contributed by atoms with E-state index in [0.717, 1.165) is 17.2 Å². The fourth-order valence-corrected chi connectivity index (χ4v) is 5.12. The van der Waals surface area contributed by atoms with E-state index in [1.54, 1.807) is 53.2 Å². The van der Waals surface area contributed by atoms with Crippen LogP contribution in [0.3, 0.4) is 0 Å². The van der Waals surface area contributed by atoms with Crippen molar-refractivity contribution in [1.29, 1.82) is 0 Å². The van der Waals surface area contributed by atoms with Crippen molar-refractivity contribution >= 4 is 18.5 Å². The van der Waals surface area contributed by atoms with Crippen molar-refractivity contribution < 1.29 is 32.3 Å². The molecule has 0 aliphatic heterocycles. The van der Waals surface area contributed by atoms with Crippen LogP contribution in [0.4, 0.5) is 13.2 Å². The summed E-state index contributed by atoms with van der Waals surface area (Å²) in [7, 11) is -4.15. The molecule has 0 amide bonds. The van der Waals surface area contributed by atoms with Crippen LogP contribution in [0.15, 0.2) is 97.1 Å². The molecule has 1 heterocycles. The van der Waals surface area contributed by atoms with Crippen LogP contribution in [0.5, 0.6) is 5.75 Å². The standard InChI is InChI=1S/C29H24F3N2O4P/c30-29(31,32)26-11-5-10-25-27(26)33-34(17-20-6-2-1-3-7-20)28(25)23-8-4-9-24(16-23)38-18-21-12-14-22(15-13-21)19-39(35,36)37/h1-16H,17-19H2,(H2,35,36,37). The molecule has 0 unspecified atom stereocenters. The quantitative estimate of drug-likeness (QED) is 0.202. The molecule has 0 saturated heterocycles. The summed E-state index contributed by atoms with van der Waals surface area (Å²) in [6.07, 6.45) is -4.88. The zero-order valence-electron chi connectivity index (χ0n) is 20.5. The molecule has 200 valence electrons. The van der Waals surface area contributed by atoms with Crippen molar-refractivity contribution in [2.24, 2.45) is 0 Å². The minimum Gasteiger partial charge on any atom is -0.489 e. The van der Waals surface area contributed by atoms with Gasteiger partial charge in [-0.15, -0.1) is 0 Å². The van der Waals surface area contributed by atoms with E-state index < -0.39 is 19.3 Å². The summed E-state index contributed by atoms with van der Waals surface area (Å²) in [6, 6.07) is 27.3. The Labute approximate surface area is 222 Å². The van der Waals surface area contributed by atoms with Crippen molar-refractivity contribution in [3.63, 3.8) is 0 Å². The third kappa shape index (κ3) is 6.40. The van der Waals surface area contributed by atoms with Gasteiger partial charge in [-0.05, 0) is 34.9 Å². The van der Waals surface area contributed by atoms with Gasteiger partial charge in [0.1, 0.15) is 17.9 Å². The number of nitrogens with zero attached hydrogens (tertiary/aromatic N) is 2. The minimum atomic E-state index is -4.55. The predicted molar refractivity (Wildman–Crippen MR) is 142 cm³/mol. The molecular formula is C29H24F3N2O4P. The molecule has 2 N–H and O–H groups in total. The summed E-state index contributed by atoms with van der Waals surface area (Å²) < 4.78 is 60.2. The lowest BCUT2D eigenvalue weighted by Gasteiger charge is -2.12. The summed E-state index contributed by atoms with van der Waals surface area (Å²) in [5, 5.41) is 4.80. The van der Waals surface area contributed by atoms with Crippen LogP contribution in [0.2, 0.25) is 0 Å². The van der Waals surface area contributed by atoms with E-state index in [0.29, 0.717) is 28.0 Å². The highest BCUT2D eigenvalue weighted by Crippen LogP contribution is 2.40. The number of alkyl halides is 3. The molecule has 4 aromatic carbocycles. The van der Waals surface area contributed by atoms with Crippen LogP contribution in [0.1, 0.15) is 22.3 Å². The van der Waals surface area contributed by atoms with Crippen molar-refractivity contribution in [1.82, 2.24) is 9.78 Å². The van der Waals surface area contributed by atoms with Gasteiger partial charge in [-0.25, -0.2) is 0 Å². The van der Waals surface area contributed by atoms with Gasteiger partial charge in [0.2, 0.25) is 0 Å². The highest BCUT2D eigenvalue weighted by Gasteiger charge is 2.34.